The van der Waals surface area contributed by atoms with E-state index in [9.17, 15) is 0 Å². The molecule has 0 bridgehead atoms. The standard InChI is InChI=1S/C13H21NO2/c1-13(2,3)16-9-8-15-10-11-6-4-5-7-12(11)14/h4-7H,8-10,14H2,1-3H3. The van der Waals surface area contributed by atoms with Crippen molar-refractivity contribution >= 4 is 5.69 Å². The molecule has 0 spiro atoms. The summed E-state index contributed by atoms with van der Waals surface area (Å²) >= 11 is 0. The summed E-state index contributed by atoms with van der Waals surface area (Å²) in [5.74, 6) is 0. The van der Waals surface area contributed by atoms with Gasteiger partial charge in [0.2, 0.25) is 0 Å². The lowest BCUT2D eigenvalue weighted by molar-refractivity contribution is -0.0376. The fourth-order valence-electron chi connectivity index (χ4n) is 1.25. The molecular weight excluding hydrogens is 202 g/mol. The van der Waals surface area contributed by atoms with Gasteiger partial charge in [0.25, 0.3) is 0 Å². The molecule has 0 aliphatic carbocycles. The first kappa shape index (κ1) is 13.0. The molecule has 1 rings (SSSR count). The number of anilines is 1. The molecule has 16 heavy (non-hydrogen) atoms. The van der Waals surface area contributed by atoms with E-state index in [1.165, 1.54) is 0 Å². The molecule has 1 aromatic rings. The zero-order valence-corrected chi connectivity index (χ0v) is 10.3. The van der Waals surface area contributed by atoms with Gasteiger partial charge in [0.1, 0.15) is 0 Å². The van der Waals surface area contributed by atoms with E-state index in [0.29, 0.717) is 19.8 Å². The summed E-state index contributed by atoms with van der Waals surface area (Å²) in [4.78, 5) is 0. The average Bonchev–Trinajstić information content (AvgIpc) is 2.18. The van der Waals surface area contributed by atoms with Gasteiger partial charge < -0.3 is 15.2 Å². The predicted molar refractivity (Wildman–Crippen MR) is 66.2 cm³/mol. The van der Waals surface area contributed by atoms with Crippen LogP contribution in [0.15, 0.2) is 24.3 Å². The summed E-state index contributed by atoms with van der Waals surface area (Å²) in [6.45, 7) is 7.83. The highest BCUT2D eigenvalue weighted by atomic mass is 16.5. The van der Waals surface area contributed by atoms with Crippen LogP contribution in [-0.2, 0) is 16.1 Å². The van der Waals surface area contributed by atoms with Crippen molar-refractivity contribution in [3.63, 3.8) is 0 Å². The molecule has 0 radical (unpaired) electrons. The highest BCUT2D eigenvalue weighted by molar-refractivity contribution is 5.45. The van der Waals surface area contributed by atoms with E-state index in [0.717, 1.165) is 11.3 Å². The van der Waals surface area contributed by atoms with Gasteiger partial charge in [-0.25, -0.2) is 0 Å². The third-order valence-electron chi connectivity index (χ3n) is 2.08. The van der Waals surface area contributed by atoms with Crippen molar-refractivity contribution < 1.29 is 9.47 Å². The van der Waals surface area contributed by atoms with Crippen LogP contribution in [-0.4, -0.2) is 18.8 Å². The Bertz CT molecular complexity index is 318. The highest BCUT2D eigenvalue weighted by Gasteiger charge is 2.08. The van der Waals surface area contributed by atoms with Crippen molar-refractivity contribution in [1.29, 1.82) is 0 Å². The first-order chi connectivity index (χ1) is 7.49. The molecule has 2 N–H and O–H groups in total. The van der Waals surface area contributed by atoms with Crippen LogP contribution in [0.2, 0.25) is 0 Å². The lowest BCUT2D eigenvalue weighted by Crippen LogP contribution is -2.21. The smallest absolute Gasteiger partial charge is 0.0738 e. The van der Waals surface area contributed by atoms with Crippen LogP contribution in [0, 0.1) is 0 Å². The minimum atomic E-state index is -0.102. The van der Waals surface area contributed by atoms with Gasteiger partial charge in [-0.3, -0.25) is 0 Å². The predicted octanol–water partition coefficient (Wildman–Crippen LogP) is 2.60. The van der Waals surface area contributed by atoms with Crippen LogP contribution in [0.4, 0.5) is 5.69 Å². The molecule has 0 aliphatic heterocycles. The number of para-hydroxylation sites is 1. The fourth-order valence-corrected chi connectivity index (χ4v) is 1.25. The van der Waals surface area contributed by atoms with Gasteiger partial charge >= 0.3 is 0 Å². The van der Waals surface area contributed by atoms with E-state index in [1.807, 2.05) is 45.0 Å². The first-order valence-corrected chi connectivity index (χ1v) is 5.54. The van der Waals surface area contributed by atoms with E-state index in [2.05, 4.69) is 0 Å². The third kappa shape index (κ3) is 5.14. The Labute approximate surface area is 97.6 Å². The van der Waals surface area contributed by atoms with Gasteiger partial charge in [-0.2, -0.15) is 0 Å². The maximum Gasteiger partial charge on any atom is 0.0738 e. The quantitative estimate of drug-likeness (QED) is 0.616. The maximum atomic E-state index is 5.79. The molecule has 0 amide bonds. The minimum absolute atomic E-state index is 0.102. The second-order valence-electron chi connectivity index (χ2n) is 4.71. The van der Waals surface area contributed by atoms with Crippen LogP contribution in [0.1, 0.15) is 26.3 Å². The monoisotopic (exact) mass is 223 g/mol. The Hall–Kier alpha value is -1.06. The van der Waals surface area contributed by atoms with E-state index >= 15 is 0 Å². The lowest BCUT2D eigenvalue weighted by Gasteiger charge is -2.19. The Morgan fingerprint density at radius 3 is 2.44 bits per heavy atom. The Balaban J connectivity index is 2.19. The molecule has 90 valence electrons. The second-order valence-corrected chi connectivity index (χ2v) is 4.71. The second kappa shape index (κ2) is 5.87. The lowest BCUT2D eigenvalue weighted by atomic mass is 10.2. The fraction of sp³-hybridized carbons (Fsp3) is 0.538. The van der Waals surface area contributed by atoms with Gasteiger partial charge in [-0.15, -0.1) is 0 Å². The highest BCUT2D eigenvalue weighted by Crippen LogP contribution is 2.11. The first-order valence-electron chi connectivity index (χ1n) is 5.54. The minimum Gasteiger partial charge on any atom is -0.398 e. The van der Waals surface area contributed by atoms with E-state index in [4.69, 9.17) is 15.2 Å². The van der Waals surface area contributed by atoms with Gasteiger partial charge in [0.05, 0.1) is 25.4 Å². The topological polar surface area (TPSA) is 44.5 Å². The molecule has 0 atom stereocenters. The third-order valence-corrected chi connectivity index (χ3v) is 2.08. The van der Waals surface area contributed by atoms with Gasteiger partial charge in [-0.05, 0) is 26.8 Å². The number of hydrogen-bond donors (Lipinski definition) is 1. The molecule has 0 saturated heterocycles. The summed E-state index contributed by atoms with van der Waals surface area (Å²) in [5.41, 5.74) is 7.49. The molecule has 0 aromatic heterocycles. The maximum absolute atomic E-state index is 5.79. The van der Waals surface area contributed by atoms with Crippen molar-refractivity contribution in [3.8, 4) is 0 Å². The molecule has 0 aliphatic rings. The molecule has 3 heteroatoms. The molecule has 0 unspecified atom stereocenters. The van der Waals surface area contributed by atoms with Gasteiger partial charge in [0.15, 0.2) is 0 Å². The molecule has 0 heterocycles. The van der Waals surface area contributed by atoms with Gasteiger partial charge in [0, 0.05) is 11.3 Å². The molecule has 3 nitrogen and oxygen atoms in total. The van der Waals surface area contributed by atoms with E-state index in [1.54, 1.807) is 0 Å². The number of rotatable bonds is 5. The van der Waals surface area contributed by atoms with Crippen molar-refractivity contribution in [3.05, 3.63) is 29.8 Å². The number of nitrogen functional groups attached to an aromatic ring is 1. The van der Waals surface area contributed by atoms with Crippen LogP contribution in [0.25, 0.3) is 0 Å². The van der Waals surface area contributed by atoms with Crippen molar-refractivity contribution in [2.45, 2.75) is 33.0 Å². The number of nitrogens with two attached hydrogens (primary N) is 1. The van der Waals surface area contributed by atoms with Crippen LogP contribution < -0.4 is 5.73 Å². The van der Waals surface area contributed by atoms with E-state index < -0.39 is 0 Å². The Kier molecular flexibility index (Phi) is 4.77. The number of benzene rings is 1. The Morgan fingerprint density at radius 1 is 1.12 bits per heavy atom. The van der Waals surface area contributed by atoms with Crippen LogP contribution >= 0.6 is 0 Å². The zero-order valence-electron chi connectivity index (χ0n) is 10.3. The molecular formula is C13H21NO2. The number of hydrogen-bond acceptors (Lipinski definition) is 3. The summed E-state index contributed by atoms with van der Waals surface area (Å²) in [5, 5.41) is 0. The summed E-state index contributed by atoms with van der Waals surface area (Å²) in [6, 6.07) is 7.73. The SMILES string of the molecule is CC(C)(C)OCCOCc1ccccc1N. The molecule has 1 aromatic carbocycles. The summed E-state index contributed by atoms with van der Waals surface area (Å²) in [6.07, 6.45) is 0. The van der Waals surface area contributed by atoms with Gasteiger partial charge in [-0.1, -0.05) is 18.2 Å². The number of ether oxygens (including phenoxy) is 2. The zero-order chi connectivity index (χ0) is 12.0. The van der Waals surface area contributed by atoms with E-state index in [-0.39, 0.29) is 5.60 Å². The van der Waals surface area contributed by atoms with Crippen molar-refractivity contribution in [2.24, 2.45) is 0 Å². The van der Waals surface area contributed by atoms with Crippen molar-refractivity contribution in [2.75, 3.05) is 18.9 Å². The van der Waals surface area contributed by atoms with Crippen molar-refractivity contribution in [1.82, 2.24) is 0 Å². The summed E-state index contributed by atoms with van der Waals surface area (Å²) < 4.78 is 11.0. The molecule has 0 saturated carbocycles. The summed E-state index contributed by atoms with van der Waals surface area (Å²) in [7, 11) is 0. The normalized spacial score (nSPS) is 11.7. The average molecular weight is 223 g/mol. The largest absolute Gasteiger partial charge is 0.398 e. The van der Waals surface area contributed by atoms with Crippen LogP contribution in [0.3, 0.4) is 0 Å². The molecule has 0 fully saturated rings. The Morgan fingerprint density at radius 2 is 1.81 bits per heavy atom. The van der Waals surface area contributed by atoms with Crippen LogP contribution in [0.5, 0.6) is 0 Å².